The Kier molecular flexibility index (Phi) is 60.4. The molecule has 0 aromatic carbocycles. The first-order valence-corrected chi connectivity index (χ1v) is 31.5. The fourth-order valence-electron chi connectivity index (χ4n) is 8.14. The standard InChI is InChI=1S/C72H114O6/c1-4-7-10-13-16-19-21-23-25-27-29-31-33-34-35-36-37-38-40-41-43-45-47-49-51-53-56-59-62-65-71(74)77-68-69(67-76-70(73)64-61-58-55-18-15-12-9-6-3)78-72(75)66-63-60-57-54-52-50-48-46-44-42-39-32-30-28-26-24-22-20-17-14-11-8-5-2/h7-8,10-11,16-17,19-20,23-26,29-32,34-35,37-38,41,43,47,49,53,56,69H,4-6,9,12-15,18,21-22,27-28,33,36,39-40,42,44-46,48,50-52,54-55,57-68H2,1-3H3/b10-7-,11-8-,19-16-,20-17-,25-23-,26-24-,31-29-,32-30-,35-34-,38-37-,43-41-,49-47-,56-53-. The smallest absolute Gasteiger partial charge is 0.306 e. The second-order valence-corrected chi connectivity index (χ2v) is 20.2. The average molecular weight is 1080 g/mol. The van der Waals surface area contributed by atoms with Crippen LogP contribution < -0.4 is 0 Å². The van der Waals surface area contributed by atoms with Crippen LogP contribution >= 0.6 is 0 Å². The molecule has 78 heavy (non-hydrogen) atoms. The van der Waals surface area contributed by atoms with E-state index in [-0.39, 0.29) is 37.5 Å². The average Bonchev–Trinajstić information content (AvgIpc) is 3.44. The Morgan fingerprint density at radius 2 is 0.513 bits per heavy atom. The number of carbonyl (C=O) groups excluding carboxylic acids is 3. The summed E-state index contributed by atoms with van der Waals surface area (Å²) in [5.41, 5.74) is 0. The van der Waals surface area contributed by atoms with Crippen LogP contribution in [0, 0.1) is 0 Å². The van der Waals surface area contributed by atoms with Crippen LogP contribution in [0.25, 0.3) is 0 Å². The molecule has 0 rings (SSSR count). The zero-order valence-electron chi connectivity index (χ0n) is 50.1. The minimum absolute atomic E-state index is 0.102. The monoisotopic (exact) mass is 1070 g/mol. The molecule has 0 amide bonds. The maximum absolute atomic E-state index is 12.9. The summed E-state index contributed by atoms with van der Waals surface area (Å²) < 4.78 is 16.8. The molecule has 1 atom stereocenters. The number of hydrogen-bond acceptors (Lipinski definition) is 6. The molecule has 0 radical (unpaired) electrons. The SMILES string of the molecule is CC/C=C\C/C=C\C/C=C\C/C=C\C/C=C\C/C=C\C/C=C\C/C=C\C/C=C\CCCC(=O)OCC(COC(=O)CCCCCCCCCC)OC(=O)CCCCCCCCCCCC/C=C\C/C=C\C/C=C\C/C=C\CC. The Bertz CT molecular complexity index is 1760. The lowest BCUT2D eigenvalue weighted by Gasteiger charge is -2.18. The van der Waals surface area contributed by atoms with E-state index in [1.165, 1.54) is 83.5 Å². The van der Waals surface area contributed by atoms with Crippen LogP contribution in [-0.2, 0) is 28.6 Å². The highest BCUT2D eigenvalue weighted by Crippen LogP contribution is 2.15. The van der Waals surface area contributed by atoms with Crippen LogP contribution in [0.5, 0.6) is 0 Å². The summed E-state index contributed by atoms with van der Waals surface area (Å²) >= 11 is 0. The van der Waals surface area contributed by atoms with Gasteiger partial charge in [0, 0.05) is 19.3 Å². The Hall–Kier alpha value is -4.97. The van der Waals surface area contributed by atoms with Gasteiger partial charge in [-0.25, -0.2) is 0 Å². The highest BCUT2D eigenvalue weighted by atomic mass is 16.6. The van der Waals surface area contributed by atoms with Crippen LogP contribution in [-0.4, -0.2) is 37.2 Å². The van der Waals surface area contributed by atoms with E-state index in [2.05, 4.69) is 179 Å². The Morgan fingerprint density at radius 3 is 0.833 bits per heavy atom. The molecule has 0 aliphatic heterocycles. The molecule has 0 N–H and O–H groups in total. The molecule has 0 saturated heterocycles. The van der Waals surface area contributed by atoms with Gasteiger partial charge in [-0.05, 0) is 122 Å². The van der Waals surface area contributed by atoms with Gasteiger partial charge in [-0.2, -0.15) is 0 Å². The van der Waals surface area contributed by atoms with Crippen molar-refractivity contribution in [2.24, 2.45) is 0 Å². The van der Waals surface area contributed by atoms with Gasteiger partial charge >= 0.3 is 17.9 Å². The summed E-state index contributed by atoms with van der Waals surface area (Å²) in [5, 5.41) is 0. The van der Waals surface area contributed by atoms with E-state index in [0.717, 1.165) is 128 Å². The molecule has 0 spiro atoms. The summed E-state index contributed by atoms with van der Waals surface area (Å²) in [5.74, 6) is -0.978. The molecule has 0 bridgehead atoms. The third kappa shape index (κ3) is 61.9. The lowest BCUT2D eigenvalue weighted by molar-refractivity contribution is -0.167. The molecule has 438 valence electrons. The van der Waals surface area contributed by atoms with Crippen molar-refractivity contribution in [1.82, 2.24) is 0 Å². The fraction of sp³-hybridized carbons (Fsp3) is 0.597. The van der Waals surface area contributed by atoms with E-state index in [0.29, 0.717) is 19.3 Å². The normalized spacial score (nSPS) is 13.2. The first-order chi connectivity index (χ1) is 38.5. The molecule has 1 unspecified atom stereocenters. The number of ether oxygens (including phenoxy) is 3. The summed E-state index contributed by atoms with van der Waals surface area (Å²) in [6.07, 6.45) is 94.1. The van der Waals surface area contributed by atoms with Crippen LogP contribution in [0.2, 0.25) is 0 Å². The molecular formula is C72H114O6. The molecule has 0 aliphatic carbocycles. The van der Waals surface area contributed by atoms with Crippen molar-refractivity contribution >= 4 is 17.9 Å². The predicted molar refractivity (Wildman–Crippen MR) is 338 cm³/mol. The number of carbonyl (C=O) groups is 3. The van der Waals surface area contributed by atoms with Gasteiger partial charge in [-0.3, -0.25) is 14.4 Å². The van der Waals surface area contributed by atoms with E-state index in [1.54, 1.807) is 0 Å². The summed E-state index contributed by atoms with van der Waals surface area (Å²) in [6.45, 7) is 6.33. The van der Waals surface area contributed by atoms with Gasteiger partial charge in [0.15, 0.2) is 6.10 Å². The number of rotatable bonds is 55. The first kappa shape index (κ1) is 73.0. The zero-order chi connectivity index (χ0) is 56.4. The first-order valence-electron chi connectivity index (χ1n) is 31.5. The second-order valence-electron chi connectivity index (χ2n) is 20.2. The molecule has 0 fully saturated rings. The summed E-state index contributed by atoms with van der Waals surface area (Å²) in [7, 11) is 0. The Labute approximate surface area is 480 Å². The maximum atomic E-state index is 12.9. The van der Waals surface area contributed by atoms with Crippen LogP contribution in [0.1, 0.15) is 258 Å². The number of hydrogen-bond donors (Lipinski definition) is 0. The van der Waals surface area contributed by atoms with Crippen molar-refractivity contribution in [2.45, 2.75) is 264 Å². The van der Waals surface area contributed by atoms with Crippen molar-refractivity contribution in [3.63, 3.8) is 0 Å². The van der Waals surface area contributed by atoms with E-state index < -0.39 is 6.10 Å². The Balaban J connectivity index is 4.34. The molecule has 0 heterocycles. The van der Waals surface area contributed by atoms with Gasteiger partial charge in [0.2, 0.25) is 0 Å². The lowest BCUT2D eigenvalue weighted by atomic mass is 10.0. The molecule has 0 aromatic rings. The third-order valence-corrected chi connectivity index (χ3v) is 12.8. The van der Waals surface area contributed by atoms with Crippen molar-refractivity contribution in [2.75, 3.05) is 13.2 Å². The van der Waals surface area contributed by atoms with Gasteiger partial charge in [-0.15, -0.1) is 0 Å². The molecule has 6 heteroatoms. The van der Waals surface area contributed by atoms with Gasteiger partial charge in [0.25, 0.3) is 0 Å². The Morgan fingerprint density at radius 1 is 0.269 bits per heavy atom. The van der Waals surface area contributed by atoms with Gasteiger partial charge < -0.3 is 14.2 Å². The molecular weight excluding hydrogens is 961 g/mol. The van der Waals surface area contributed by atoms with Crippen molar-refractivity contribution in [3.8, 4) is 0 Å². The minimum Gasteiger partial charge on any atom is -0.462 e. The van der Waals surface area contributed by atoms with Crippen LogP contribution in [0.4, 0.5) is 0 Å². The van der Waals surface area contributed by atoms with Gasteiger partial charge in [0.05, 0.1) is 0 Å². The van der Waals surface area contributed by atoms with Crippen LogP contribution in [0.3, 0.4) is 0 Å². The second kappa shape index (κ2) is 64.6. The number of unbranched alkanes of at least 4 members (excludes halogenated alkanes) is 18. The number of esters is 3. The van der Waals surface area contributed by atoms with E-state index in [1.807, 2.05) is 0 Å². The minimum atomic E-state index is -0.809. The van der Waals surface area contributed by atoms with E-state index in [9.17, 15) is 14.4 Å². The van der Waals surface area contributed by atoms with Crippen molar-refractivity contribution < 1.29 is 28.6 Å². The van der Waals surface area contributed by atoms with Crippen LogP contribution in [0.15, 0.2) is 158 Å². The molecule has 0 aromatic heterocycles. The summed E-state index contributed by atoms with van der Waals surface area (Å²) in [4.78, 5) is 38.1. The van der Waals surface area contributed by atoms with Gasteiger partial charge in [0.1, 0.15) is 13.2 Å². The third-order valence-electron chi connectivity index (χ3n) is 12.8. The zero-order valence-corrected chi connectivity index (χ0v) is 50.1. The topological polar surface area (TPSA) is 78.9 Å². The van der Waals surface area contributed by atoms with E-state index in [4.69, 9.17) is 14.2 Å². The fourth-order valence-corrected chi connectivity index (χ4v) is 8.14. The molecule has 6 nitrogen and oxygen atoms in total. The van der Waals surface area contributed by atoms with E-state index >= 15 is 0 Å². The summed E-state index contributed by atoms with van der Waals surface area (Å²) in [6, 6.07) is 0. The quantitative estimate of drug-likeness (QED) is 0.0261. The number of allylic oxidation sites excluding steroid dienone is 26. The highest BCUT2D eigenvalue weighted by Gasteiger charge is 2.19. The van der Waals surface area contributed by atoms with Crippen molar-refractivity contribution in [1.29, 1.82) is 0 Å². The molecule has 0 aliphatic rings. The predicted octanol–water partition coefficient (Wildman–Crippen LogP) is 21.7. The largest absolute Gasteiger partial charge is 0.462 e. The molecule has 0 saturated carbocycles. The van der Waals surface area contributed by atoms with Crippen molar-refractivity contribution in [3.05, 3.63) is 158 Å². The maximum Gasteiger partial charge on any atom is 0.306 e. The highest BCUT2D eigenvalue weighted by molar-refractivity contribution is 5.71. The van der Waals surface area contributed by atoms with Gasteiger partial charge in [-0.1, -0.05) is 275 Å². The lowest BCUT2D eigenvalue weighted by Crippen LogP contribution is -2.30.